The van der Waals surface area contributed by atoms with Crippen LogP contribution in [0.2, 0.25) is 0 Å². The van der Waals surface area contributed by atoms with Crippen molar-refractivity contribution >= 4 is 6.03 Å². The second kappa shape index (κ2) is 5.91. The van der Waals surface area contributed by atoms with Gasteiger partial charge >= 0.3 is 6.03 Å². The molecule has 1 aliphatic rings. The number of carbonyl (C=O) groups is 1. The number of hydrogen-bond acceptors (Lipinski definition) is 1. The van der Waals surface area contributed by atoms with Crippen LogP contribution >= 0.6 is 0 Å². The molecule has 0 saturated carbocycles. The first kappa shape index (κ1) is 13.7. The Morgan fingerprint density at radius 3 is 2.58 bits per heavy atom. The maximum Gasteiger partial charge on any atom is 0.324 e. The maximum absolute atomic E-state index is 12.3. The van der Waals surface area contributed by atoms with Gasteiger partial charge in [-0.1, -0.05) is 49.8 Å². The molecular weight excluding hydrogens is 236 g/mol. The molecule has 2 amide bonds. The normalized spacial score (nSPS) is 15.5. The highest BCUT2D eigenvalue weighted by molar-refractivity contribution is 5.79. The minimum absolute atomic E-state index is 0.0963. The van der Waals surface area contributed by atoms with E-state index < -0.39 is 0 Å². The van der Waals surface area contributed by atoms with E-state index in [1.54, 1.807) is 4.90 Å². The van der Waals surface area contributed by atoms with E-state index in [-0.39, 0.29) is 6.03 Å². The van der Waals surface area contributed by atoms with Gasteiger partial charge in [0.15, 0.2) is 0 Å². The fourth-order valence-corrected chi connectivity index (χ4v) is 2.26. The van der Waals surface area contributed by atoms with E-state index in [4.69, 9.17) is 0 Å². The van der Waals surface area contributed by atoms with Gasteiger partial charge in [0, 0.05) is 12.2 Å². The Kier molecular flexibility index (Phi) is 4.25. The molecule has 0 atom stereocenters. The van der Waals surface area contributed by atoms with Gasteiger partial charge < -0.3 is 4.90 Å². The highest BCUT2D eigenvalue weighted by Gasteiger charge is 2.30. The summed E-state index contributed by atoms with van der Waals surface area (Å²) in [4.78, 5) is 16.0. The second-order valence-corrected chi connectivity index (χ2v) is 5.20. The largest absolute Gasteiger partial charge is 0.324 e. The summed E-state index contributed by atoms with van der Waals surface area (Å²) in [5.41, 5.74) is 3.29. The minimum Gasteiger partial charge on any atom is -0.319 e. The molecule has 1 heterocycles. The number of amides is 2. The van der Waals surface area contributed by atoms with Crippen molar-refractivity contribution in [3.63, 3.8) is 0 Å². The summed E-state index contributed by atoms with van der Waals surface area (Å²) in [6.07, 6.45) is 2.16. The van der Waals surface area contributed by atoms with Crippen LogP contribution in [0.15, 0.2) is 36.5 Å². The Morgan fingerprint density at radius 2 is 1.95 bits per heavy atom. The molecule has 0 unspecified atom stereocenters. The van der Waals surface area contributed by atoms with Crippen molar-refractivity contribution < 1.29 is 4.79 Å². The summed E-state index contributed by atoms with van der Waals surface area (Å²) in [5, 5.41) is 0. The number of benzene rings is 1. The summed E-state index contributed by atoms with van der Waals surface area (Å²) >= 11 is 0. The van der Waals surface area contributed by atoms with E-state index in [2.05, 4.69) is 44.7 Å². The number of rotatable bonds is 5. The van der Waals surface area contributed by atoms with Crippen LogP contribution in [0, 0.1) is 6.92 Å². The Labute approximate surface area is 115 Å². The predicted molar refractivity (Wildman–Crippen MR) is 77.7 cm³/mol. The molecule has 1 saturated heterocycles. The fraction of sp³-hybridized carbons (Fsp3) is 0.438. The first-order chi connectivity index (χ1) is 9.11. The van der Waals surface area contributed by atoms with Gasteiger partial charge in [-0.15, -0.1) is 0 Å². The Morgan fingerprint density at radius 1 is 1.26 bits per heavy atom. The van der Waals surface area contributed by atoms with Gasteiger partial charge in [0.05, 0.1) is 13.1 Å². The minimum atomic E-state index is 0.0963. The molecule has 0 N–H and O–H groups in total. The third kappa shape index (κ3) is 3.16. The lowest BCUT2D eigenvalue weighted by molar-refractivity contribution is 0.192. The fourth-order valence-electron chi connectivity index (χ4n) is 2.26. The second-order valence-electron chi connectivity index (χ2n) is 5.20. The van der Waals surface area contributed by atoms with Crippen molar-refractivity contribution in [2.45, 2.75) is 33.2 Å². The van der Waals surface area contributed by atoms with Crippen molar-refractivity contribution in [1.82, 2.24) is 9.80 Å². The molecule has 2 rings (SSSR count). The smallest absolute Gasteiger partial charge is 0.319 e. The van der Waals surface area contributed by atoms with Crippen LogP contribution in [0.1, 0.15) is 30.9 Å². The Bertz CT molecular complexity index is 464. The van der Waals surface area contributed by atoms with Crippen LogP contribution in [0.25, 0.3) is 0 Å². The van der Waals surface area contributed by atoms with Crippen molar-refractivity contribution in [2.75, 3.05) is 13.1 Å². The molecule has 19 heavy (non-hydrogen) atoms. The molecule has 3 heteroatoms. The van der Waals surface area contributed by atoms with Crippen molar-refractivity contribution in [1.29, 1.82) is 0 Å². The van der Waals surface area contributed by atoms with Gasteiger partial charge in [0.2, 0.25) is 0 Å². The molecule has 102 valence electrons. The number of urea groups is 1. The average Bonchev–Trinajstić information content (AvgIpc) is 2.66. The lowest BCUT2D eigenvalue weighted by atomic mass is 10.1. The number of aryl methyl sites for hydroxylation is 1. The van der Waals surface area contributed by atoms with E-state index in [0.29, 0.717) is 13.1 Å². The predicted octanol–water partition coefficient (Wildman–Crippen LogP) is 3.55. The van der Waals surface area contributed by atoms with Gasteiger partial charge in [-0.2, -0.15) is 0 Å². The SMILES string of the molecule is C=C1CN(CCCC)C(=O)N1Cc1ccc(C)cc1. The van der Waals surface area contributed by atoms with E-state index >= 15 is 0 Å². The van der Waals surface area contributed by atoms with E-state index in [1.807, 2.05) is 4.90 Å². The molecule has 1 fully saturated rings. The zero-order valence-electron chi connectivity index (χ0n) is 11.9. The summed E-state index contributed by atoms with van der Waals surface area (Å²) < 4.78 is 0. The van der Waals surface area contributed by atoms with Crippen LogP contribution in [0.4, 0.5) is 4.79 Å². The van der Waals surface area contributed by atoms with Crippen molar-refractivity contribution in [3.8, 4) is 0 Å². The molecule has 0 bridgehead atoms. The highest BCUT2D eigenvalue weighted by Crippen LogP contribution is 2.21. The van der Waals surface area contributed by atoms with Crippen molar-refractivity contribution in [2.24, 2.45) is 0 Å². The Hall–Kier alpha value is -1.77. The Balaban J connectivity index is 2.02. The summed E-state index contributed by atoms with van der Waals surface area (Å²) in [5.74, 6) is 0. The summed E-state index contributed by atoms with van der Waals surface area (Å²) in [6.45, 7) is 10.4. The third-order valence-corrected chi connectivity index (χ3v) is 3.50. The van der Waals surface area contributed by atoms with Crippen molar-refractivity contribution in [3.05, 3.63) is 47.7 Å². The van der Waals surface area contributed by atoms with E-state index in [9.17, 15) is 4.79 Å². The van der Waals surface area contributed by atoms with Gasteiger partial charge in [-0.05, 0) is 18.9 Å². The molecule has 0 radical (unpaired) electrons. The van der Waals surface area contributed by atoms with Gasteiger partial charge in [-0.25, -0.2) is 4.79 Å². The summed E-state index contributed by atoms with van der Waals surface area (Å²) in [7, 11) is 0. The lowest BCUT2D eigenvalue weighted by Gasteiger charge is -2.18. The summed E-state index contributed by atoms with van der Waals surface area (Å²) in [6, 6.07) is 8.40. The number of unbranched alkanes of at least 4 members (excludes halogenated alkanes) is 1. The first-order valence-electron chi connectivity index (χ1n) is 6.91. The zero-order valence-corrected chi connectivity index (χ0v) is 11.9. The van der Waals surface area contributed by atoms with E-state index in [1.165, 1.54) is 5.56 Å². The van der Waals surface area contributed by atoms with Crippen LogP contribution in [0.5, 0.6) is 0 Å². The quantitative estimate of drug-likeness (QED) is 0.792. The number of carbonyl (C=O) groups excluding carboxylic acids is 1. The highest BCUT2D eigenvalue weighted by atomic mass is 16.2. The third-order valence-electron chi connectivity index (χ3n) is 3.50. The van der Waals surface area contributed by atoms with Gasteiger partial charge in [0.25, 0.3) is 0 Å². The molecule has 3 nitrogen and oxygen atoms in total. The maximum atomic E-state index is 12.3. The number of nitrogens with zero attached hydrogens (tertiary/aromatic N) is 2. The lowest BCUT2D eigenvalue weighted by Crippen LogP contribution is -2.31. The molecule has 1 aromatic rings. The van der Waals surface area contributed by atoms with Gasteiger partial charge in [-0.3, -0.25) is 4.90 Å². The van der Waals surface area contributed by atoms with Crippen LogP contribution in [-0.2, 0) is 6.54 Å². The van der Waals surface area contributed by atoms with Crippen LogP contribution in [-0.4, -0.2) is 28.9 Å². The standard InChI is InChI=1S/C16H22N2O/c1-4-5-10-17-11-14(3)18(16(17)19)12-15-8-6-13(2)7-9-15/h6-9H,3-5,10-12H2,1-2H3. The molecular formula is C16H22N2O. The zero-order chi connectivity index (χ0) is 13.8. The van der Waals surface area contributed by atoms with E-state index in [0.717, 1.165) is 30.6 Å². The molecule has 0 aromatic heterocycles. The topological polar surface area (TPSA) is 23.6 Å². The first-order valence-corrected chi connectivity index (χ1v) is 6.91. The number of hydrogen-bond donors (Lipinski definition) is 0. The molecule has 0 spiro atoms. The molecule has 0 aliphatic carbocycles. The van der Waals surface area contributed by atoms with Gasteiger partial charge in [0.1, 0.15) is 0 Å². The average molecular weight is 258 g/mol. The van der Waals surface area contributed by atoms with Crippen LogP contribution in [0.3, 0.4) is 0 Å². The van der Waals surface area contributed by atoms with Crippen LogP contribution < -0.4 is 0 Å². The monoisotopic (exact) mass is 258 g/mol. The molecule has 1 aromatic carbocycles. The molecule has 1 aliphatic heterocycles.